The molecule has 2 N–H and O–H groups in total. The highest BCUT2D eigenvalue weighted by Crippen LogP contribution is 2.41. The van der Waals surface area contributed by atoms with Crippen molar-refractivity contribution in [2.45, 2.75) is 0 Å². The summed E-state index contributed by atoms with van der Waals surface area (Å²) < 4.78 is 10.4. The molecule has 0 aliphatic carbocycles. The van der Waals surface area contributed by atoms with Crippen LogP contribution < -0.4 is 10.2 Å². The van der Waals surface area contributed by atoms with Crippen molar-refractivity contribution >= 4 is 44.2 Å². The second-order valence-electron chi connectivity index (χ2n) is 3.01. The molecule has 0 saturated heterocycles. The Hall–Kier alpha value is -1.28. The predicted molar refractivity (Wildman–Crippen MR) is 73.2 cm³/mol. The summed E-state index contributed by atoms with van der Waals surface area (Å²) in [7, 11) is 2.67. The van der Waals surface area contributed by atoms with Crippen LogP contribution in [0.5, 0.6) is 11.5 Å². The van der Waals surface area contributed by atoms with Crippen LogP contribution >= 0.6 is 31.9 Å². The molecule has 8 heteroatoms. The monoisotopic (exact) mass is 380 g/mol. The van der Waals surface area contributed by atoms with Gasteiger partial charge >= 0.3 is 6.09 Å². The van der Waals surface area contributed by atoms with E-state index in [4.69, 9.17) is 4.74 Å². The van der Waals surface area contributed by atoms with Gasteiger partial charge in [0, 0.05) is 10.0 Å². The Kier molecular flexibility index (Phi) is 5.42. The predicted octanol–water partition coefficient (Wildman–Crippen LogP) is 2.62. The fraction of sp³-hybridized carbons (Fsp3) is 0.200. The van der Waals surface area contributed by atoms with Crippen molar-refractivity contribution in [1.82, 2.24) is 5.43 Å². The number of phenolic OH excluding ortho intramolecular Hbond substituents is 1. The van der Waals surface area contributed by atoms with Crippen LogP contribution in [-0.2, 0) is 4.74 Å². The first-order valence-corrected chi connectivity index (χ1v) is 6.21. The fourth-order valence-electron chi connectivity index (χ4n) is 1.06. The van der Waals surface area contributed by atoms with E-state index in [1.165, 1.54) is 20.4 Å². The number of aromatic hydroxyl groups is 1. The molecule has 0 aliphatic heterocycles. The van der Waals surface area contributed by atoms with Crippen molar-refractivity contribution in [3.05, 3.63) is 20.6 Å². The highest BCUT2D eigenvalue weighted by Gasteiger charge is 2.13. The van der Waals surface area contributed by atoms with E-state index in [0.717, 1.165) is 0 Å². The SMILES string of the molecule is COC(=O)N/N=C/c1cc(OC)c(O)c(Br)c1Br. The van der Waals surface area contributed by atoms with Crippen molar-refractivity contribution in [3.8, 4) is 11.5 Å². The van der Waals surface area contributed by atoms with Crippen molar-refractivity contribution in [1.29, 1.82) is 0 Å². The number of phenols is 1. The number of hydrogen-bond acceptors (Lipinski definition) is 5. The Bertz CT molecular complexity index is 491. The lowest BCUT2D eigenvalue weighted by Crippen LogP contribution is -2.16. The third-order valence-electron chi connectivity index (χ3n) is 1.94. The number of amides is 1. The van der Waals surface area contributed by atoms with Gasteiger partial charge in [0.25, 0.3) is 0 Å². The molecule has 0 bridgehead atoms. The van der Waals surface area contributed by atoms with Crippen molar-refractivity contribution in [2.75, 3.05) is 14.2 Å². The number of carbonyl (C=O) groups is 1. The molecule has 0 saturated carbocycles. The fourth-order valence-corrected chi connectivity index (χ4v) is 1.89. The zero-order valence-electron chi connectivity index (χ0n) is 9.53. The van der Waals surface area contributed by atoms with Crippen LogP contribution in [0.3, 0.4) is 0 Å². The highest BCUT2D eigenvalue weighted by atomic mass is 79.9. The molecule has 0 spiro atoms. The minimum absolute atomic E-state index is 0.0255. The van der Waals surface area contributed by atoms with Gasteiger partial charge in [-0.3, -0.25) is 0 Å². The summed E-state index contributed by atoms with van der Waals surface area (Å²) in [5.74, 6) is 0.257. The van der Waals surface area contributed by atoms with E-state index in [-0.39, 0.29) is 11.5 Å². The van der Waals surface area contributed by atoms with Gasteiger partial charge in [0.05, 0.1) is 24.9 Å². The van der Waals surface area contributed by atoms with Crippen molar-refractivity contribution in [3.63, 3.8) is 0 Å². The topological polar surface area (TPSA) is 80.2 Å². The molecule has 0 unspecified atom stereocenters. The largest absolute Gasteiger partial charge is 0.503 e. The Labute approximate surface area is 120 Å². The zero-order chi connectivity index (χ0) is 13.7. The first kappa shape index (κ1) is 14.8. The Morgan fingerprint density at radius 1 is 1.44 bits per heavy atom. The number of carbonyl (C=O) groups excluding carboxylic acids is 1. The second-order valence-corrected chi connectivity index (χ2v) is 4.59. The number of nitrogens with one attached hydrogen (secondary N) is 1. The van der Waals surface area contributed by atoms with Gasteiger partial charge in [0.15, 0.2) is 11.5 Å². The van der Waals surface area contributed by atoms with Gasteiger partial charge in [-0.25, -0.2) is 10.2 Å². The summed E-state index contributed by atoms with van der Waals surface area (Å²) in [6.07, 6.45) is 0.709. The summed E-state index contributed by atoms with van der Waals surface area (Å²) in [6, 6.07) is 1.56. The number of ether oxygens (including phenoxy) is 2. The second kappa shape index (κ2) is 6.60. The maximum absolute atomic E-state index is 10.8. The Morgan fingerprint density at radius 3 is 2.67 bits per heavy atom. The lowest BCUT2D eigenvalue weighted by Gasteiger charge is -2.09. The summed E-state index contributed by atoms with van der Waals surface area (Å²) in [5.41, 5.74) is 2.75. The molecule has 1 rings (SSSR count). The maximum Gasteiger partial charge on any atom is 0.427 e. The number of hydrogen-bond donors (Lipinski definition) is 2. The van der Waals surface area contributed by atoms with Gasteiger partial charge in [-0.05, 0) is 37.9 Å². The number of nitrogens with zero attached hydrogens (tertiary/aromatic N) is 1. The zero-order valence-corrected chi connectivity index (χ0v) is 12.7. The molecular weight excluding hydrogens is 372 g/mol. The molecule has 0 atom stereocenters. The number of methoxy groups -OCH3 is 2. The maximum atomic E-state index is 10.8. The smallest absolute Gasteiger partial charge is 0.427 e. The minimum atomic E-state index is -0.674. The van der Waals surface area contributed by atoms with E-state index in [1.54, 1.807) is 6.07 Å². The summed E-state index contributed by atoms with van der Waals surface area (Å²) in [5, 5.41) is 13.4. The summed E-state index contributed by atoms with van der Waals surface area (Å²) >= 11 is 6.49. The molecule has 1 amide bonds. The van der Waals surface area contributed by atoms with Gasteiger partial charge < -0.3 is 14.6 Å². The van der Waals surface area contributed by atoms with Crippen molar-refractivity contribution in [2.24, 2.45) is 5.10 Å². The molecular formula is C10H10Br2N2O4. The third-order valence-corrected chi connectivity index (χ3v) is 4.10. The van der Waals surface area contributed by atoms with E-state index in [2.05, 4.69) is 47.1 Å². The third kappa shape index (κ3) is 3.36. The van der Waals surface area contributed by atoms with E-state index in [0.29, 0.717) is 14.5 Å². The first-order chi connectivity index (χ1) is 8.51. The lowest BCUT2D eigenvalue weighted by atomic mass is 10.2. The molecule has 1 aromatic carbocycles. The van der Waals surface area contributed by atoms with Gasteiger partial charge in [-0.1, -0.05) is 0 Å². The van der Waals surface area contributed by atoms with Gasteiger partial charge in [-0.15, -0.1) is 0 Å². The standard InChI is InChI=1S/C10H10Br2N2O4/c1-17-6-3-5(4-13-14-10(16)18-2)7(11)8(12)9(6)15/h3-4,15H,1-2H3,(H,14,16)/b13-4+. The molecule has 18 heavy (non-hydrogen) atoms. The number of hydrazone groups is 1. The molecule has 0 heterocycles. The van der Waals surface area contributed by atoms with Crippen LogP contribution in [0.4, 0.5) is 4.79 Å². The normalized spacial score (nSPS) is 10.4. The molecule has 0 radical (unpaired) electrons. The molecule has 98 valence electrons. The van der Waals surface area contributed by atoms with E-state index < -0.39 is 6.09 Å². The molecule has 0 fully saturated rings. The van der Waals surface area contributed by atoms with Crippen LogP contribution in [0, 0.1) is 0 Å². The summed E-state index contributed by atoms with van der Waals surface area (Å²) in [6.45, 7) is 0. The van der Waals surface area contributed by atoms with Crippen LogP contribution in [0.1, 0.15) is 5.56 Å². The lowest BCUT2D eigenvalue weighted by molar-refractivity contribution is 0.171. The van der Waals surface area contributed by atoms with Crippen LogP contribution in [0.15, 0.2) is 20.1 Å². The first-order valence-electron chi connectivity index (χ1n) is 4.63. The van der Waals surface area contributed by atoms with E-state index in [1.807, 2.05) is 0 Å². The van der Waals surface area contributed by atoms with Gasteiger partial charge in [0.2, 0.25) is 0 Å². The van der Waals surface area contributed by atoms with Gasteiger partial charge in [-0.2, -0.15) is 5.10 Å². The summed E-state index contributed by atoms with van der Waals surface area (Å²) in [4.78, 5) is 10.8. The van der Waals surface area contributed by atoms with E-state index in [9.17, 15) is 9.90 Å². The molecule has 1 aromatic rings. The van der Waals surface area contributed by atoms with Crippen LogP contribution in [-0.4, -0.2) is 31.6 Å². The average molecular weight is 382 g/mol. The van der Waals surface area contributed by atoms with Crippen LogP contribution in [0.2, 0.25) is 0 Å². The Balaban J connectivity index is 3.02. The minimum Gasteiger partial charge on any atom is -0.503 e. The van der Waals surface area contributed by atoms with E-state index >= 15 is 0 Å². The van der Waals surface area contributed by atoms with Crippen molar-refractivity contribution < 1.29 is 19.4 Å². The number of benzene rings is 1. The molecule has 0 aliphatic rings. The molecule has 6 nitrogen and oxygen atoms in total. The quantitative estimate of drug-likeness (QED) is 0.623. The van der Waals surface area contributed by atoms with Gasteiger partial charge in [0.1, 0.15) is 0 Å². The highest BCUT2D eigenvalue weighted by molar-refractivity contribution is 9.13. The average Bonchev–Trinajstić information content (AvgIpc) is 2.38. The van der Waals surface area contributed by atoms with Crippen LogP contribution in [0.25, 0.3) is 0 Å². The number of rotatable bonds is 3. The Morgan fingerprint density at radius 2 is 2.11 bits per heavy atom. The molecule has 0 aromatic heterocycles. The number of halogens is 2.